The van der Waals surface area contributed by atoms with E-state index in [1.807, 2.05) is 33.9 Å². The number of aromatic nitrogens is 1. The van der Waals surface area contributed by atoms with Crippen molar-refractivity contribution >= 4 is 33.4 Å². The lowest BCUT2D eigenvalue weighted by Crippen LogP contribution is -2.36. The van der Waals surface area contributed by atoms with Crippen molar-refractivity contribution in [2.75, 3.05) is 20.2 Å². The second-order valence-electron chi connectivity index (χ2n) is 5.52. The molecule has 2 aromatic heterocycles. The second-order valence-corrected chi connectivity index (χ2v) is 6.47. The third-order valence-electron chi connectivity index (χ3n) is 4.26. The highest BCUT2D eigenvalue weighted by Crippen LogP contribution is 2.31. The number of methoxy groups -OCH3 is 1. The molecule has 6 heteroatoms. The summed E-state index contributed by atoms with van der Waals surface area (Å²) < 4.78 is 7.76. The van der Waals surface area contributed by atoms with Gasteiger partial charge in [-0.2, -0.15) is 0 Å². The van der Waals surface area contributed by atoms with E-state index in [2.05, 4.69) is 0 Å². The van der Waals surface area contributed by atoms with Gasteiger partial charge < -0.3 is 14.2 Å². The fourth-order valence-electron chi connectivity index (χ4n) is 3.16. The van der Waals surface area contributed by atoms with E-state index in [1.54, 1.807) is 11.3 Å². The van der Waals surface area contributed by atoms with E-state index in [0.29, 0.717) is 12.1 Å². The van der Waals surface area contributed by atoms with Crippen LogP contribution in [0.15, 0.2) is 17.5 Å². The zero-order chi connectivity index (χ0) is 15.7. The molecule has 2 aromatic rings. The third kappa shape index (κ3) is 2.41. The second kappa shape index (κ2) is 6.12. The van der Waals surface area contributed by atoms with Crippen molar-refractivity contribution in [1.29, 1.82) is 0 Å². The topological polar surface area (TPSA) is 51.5 Å². The lowest BCUT2D eigenvalue weighted by molar-refractivity contribution is -0.133. The molecule has 118 valence electrons. The number of ether oxygens (including phenoxy) is 1. The highest BCUT2D eigenvalue weighted by Gasteiger charge is 2.30. The van der Waals surface area contributed by atoms with E-state index in [1.165, 1.54) is 7.11 Å². The number of carbonyl (C=O) groups excluding carboxylic acids is 2. The Kier molecular flexibility index (Phi) is 4.20. The first-order valence-electron chi connectivity index (χ1n) is 7.63. The summed E-state index contributed by atoms with van der Waals surface area (Å²) in [4.78, 5) is 26.9. The van der Waals surface area contributed by atoms with Crippen LogP contribution in [0.5, 0.6) is 0 Å². The Balaban J connectivity index is 2.06. The van der Waals surface area contributed by atoms with Crippen LogP contribution >= 0.6 is 11.3 Å². The van der Waals surface area contributed by atoms with Crippen molar-refractivity contribution in [2.45, 2.75) is 32.2 Å². The molecule has 5 nitrogen and oxygen atoms in total. The van der Waals surface area contributed by atoms with Crippen molar-refractivity contribution in [3.63, 3.8) is 0 Å². The van der Waals surface area contributed by atoms with E-state index in [-0.39, 0.29) is 11.9 Å². The zero-order valence-electron chi connectivity index (χ0n) is 12.9. The fraction of sp³-hybridized carbons (Fsp3) is 0.500. The molecule has 3 rings (SSSR count). The summed E-state index contributed by atoms with van der Waals surface area (Å²) in [7, 11) is 1.37. The molecule has 1 fully saturated rings. The van der Waals surface area contributed by atoms with Gasteiger partial charge in [0.15, 0.2) is 0 Å². The molecular formula is C16H20N2O3S. The molecule has 1 unspecified atom stereocenters. The molecule has 3 heterocycles. The highest BCUT2D eigenvalue weighted by atomic mass is 32.1. The van der Waals surface area contributed by atoms with Crippen LogP contribution in [-0.2, 0) is 9.53 Å². The van der Waals surface area contributed by atoms with E-state index < -0.39 is 5.97 Å². The smallest absolute Gasteiger partial charge is 0.354 e. The maximum atomic E-state index is 12.9. The van der Waals surface area contributed by atoms with Gasteiger partial charge in [0.1, 0.15) is 11.7 Å². The van der Waals surface area contributed by atoms with Gasteiger partial charge in [0, 0.05) is 13.1 Å². The minimum absolute atomic E-state index is 0.105. The van der Waals surface area contributed by atoms with Crippen LogP contribution in [0.25, 0.3) is 10.2 Å². The minimum atomic E-state index is -0.393. The van der Waals surface area contributed by atoms with Gasteiger partial charge >= 0.3 is 5.97 Å². The first-order chi connectivity index (χ1) is 10.7. The number of hydrogen-bond donors (Lipinski definition) is 0. The summed E-state index contributed by atoms with van der Waals surface area (Å²) in [5.41, 5.74) is 1.40. The van der Waals surface area contributed by atoms with E-state index in [9.17, 15) is 9.59 Å². The number of amides is 1. The summed E-state index contributed by atoms with van der Waals surface area (Å²) in [5.74, 6) is -0.287. The summed E-state index contributed by atoms with van der Waals surface area (Å²) in [6.07, 6.45) is 2.77. The van der Waals surface area contributed by atoms with Gasteiger partial charge in [0.25, 0.3) is 0 Å². The van der Waals surface area contributed by atoms with E-state index in [4.69, 9.17) is 4.74 Å². The molecule has 0 N–H and O–H groups in total. The molecule has 0 bridgehead atoms. The Morgan fingerprint density at radius 3 is 2.73 bits per heavy atom. The quantitative estimate of drug-likeness (QED) is 0.814. The number of esters is 1. The van der Waals surface area contributed by atoms with Crippen LogP contribution in [0, 0.1) is 0 Å². The minimum Gasteiger partial charge on any atom is -0.464 e. The average Bonchev–Trinajstić information content (AvgIpc) is 3.24. The van der Waals surface area contributed by atoms with Gasteiger partial charge in [-0.25, -0.2) is 4.79 Å². The SMILES string of the molecule is CCC(C(=O)N1CCCC1)n1c(C(=O)OC)cc2sccc21. The predicted octanol–water partition coefficient (Wildman–Crippen LogP) is 3.06. The van der Waals surface area contributed by atoms with Crippen molar-refractivity contribution < 1.29 is 14.3 Å². The number of hydrogen-bond acceptors (Lipinski definition) is 4. The van der Waals surface area contributed by atoms with E-state index in [0.717, 1.165) is 36.1 Å². The van der Waals surface area contributed by atoms with Gasteiger partial charge in [-0.05, 0) is 36.8 Å². The summed E-state index contributed by atoms with van der Waals surface area (Å²) in [6.45, 7) is 3.62. The molecule has 1 saturated heterocycles. The lowest BCUT2D eigenvalue weighted by Gasteiger charge is -2.25. The van der Waals surface area contributed by atoms with Crippen LogP contribution in [0.3, 0.4) is 0 Å². The normalized spacial score (nSPS) is 16.2. The Morgan fingerprint density at radius 2 is 2.09 bits per heavy atom. The molecule has 1 atom stereocenters. The zero-order valence-corrected chi connectivity index (χ0v) is 13.7. The van der Waals surface area contributed by atoms with Crippen LogP contribution in [0.2, 0.25) is 0 Å². The monoisotopic (exact) mass is 320 g/mol. The number of thiophene rings is 1. The molecular weight excluding hydrogens is 300 g/mol. The van der Waals surface area contributed by atoms with Crippen molar-refractivity contribution in [3.05, 3.63) is 23.2 Å². The van der Waals surface area contributed by atoms with Crippen molar-refractivity contribution in [2.24, 2.45) is 0 Å². The van der Waals surface area contributed by atoms with Crippen molar-refractivity contribution in [1.82, 2.24) is 9.47 Å². The van der Waals surface area contributed by atoms with Gasteiger partial charge in [0.2, 0.25) is 5.91 Å². The number of rotatable bonds is 4. The average molecular weight is 320 g/mol. The Morgan fingerprint density at radius 1 is 1.36 bits per heavy atom. The maximum Gasteiger partial charge on any atom is 0.354 e. The lowest BCUT2D eigenvalue weighted by atomic mass is 10.2. The summed E-state index contributed by atoms with van der Waals surface area (Å²) in [6, 6.07) is 3.44. The molecule has 1 aliphatic heterocycles. The highest BCUT2D eigenvalue weighted by molar-refractivity contribution is 7.17. The first kappa shape index (κ1) is 15.1. The molecule has 0 radical (unpaired) electrons. The van der Waals surface area contributed by atoms with Crippen molar-refractivity contribution in [3.8, 4) is 0 Å². The van der Waals surface area contributed by atoms with Gasteiger partial charge in [-0.3, -0.25) is 4.79 Å². The molecule has 1 amide bonds. The van der Waals surface area contributed by atoms with Crippen LogP contribution < -0.4 is 0 Å². The van der Waals surface area contributed by atoms with Crippen LogP contribution in [0.4, 0.5) is 0 Å². The molecule has 22 heavy (non-hydrogen) atoms. The number of fused-ring (bicyclic) bond motifs is 1. The predicted molar refractivity (Wildman–Crippen MR) is 86.3 cm³/mol. The standard InChI is InChI=1S/C16H20N2O3S/c1-3-11(15(19)17-7-4-5-8-17)18-12-6-9-22-14(12)10-13(18)16(20)21-2/h6,9-11H,3-5,7-8H2,1-2H3. The third-order valence-corrected chi connectivity index (χ3v) is 5.11. The molecule has 0 aliphatic carbocycles. The van der Waals surface area contributed by atoms with Gasteiger partial charge in [0.05, 0.1) is 17.3 Å². The number of nitrogens with zero attached hydrogens (tertiary/aromatic N) is 2. The molecule has 1 aliphatic rings. The number of carbonyl (C=O) groups is 2. The Bertz CT molecular complexity index is 697. The van der Waals surface area contributed by atoms with Crippen LogP contribution in [-0.4, -0.2) is 41.5 Å². The molecule has 0 spiro atoms. The largest absolute Gasteiger partial charge is 0.464 e. The van der Waals surface area contributed by atoms with Gasteiger partial charge in [-0.1, -0.05) is 6.92 Å². The number of likely N-dealkylation sites (tertiary alicyclic amines) is 1. The molecule has 0 saturated carbocycles. The van der Waals surface area contributed by atoms with Crippen LogP contribution in [0.1, 0.15) is 42.7 Å². The van der Waals surface area contributed by atoms with Gasteiger partial charge in [-0.15, -0.1) is 11.3 Å². The Hall–Kier alpha value is -1.82. The maximum absolute atomic E-state index is 12.9. The summed E-state index contributed by atoms with van der Waals surface area (Å²) in [5, 5.41) is 1.98. The van der Waals surface area contributed by atoms with E-state index >= 15 is 0 Å². The summed E-state index contributed by atoms with van der Waals surface area (Å²) >= 11 is 1.57. The fourth-order valence-corrected chi connectivity index (χ4v) is 3.97. The molecule has 0 aromatic carbocycles. The first-order valence-corrected chi connectivity index (χ1v) is 8.50. The Labute approximate surface area is 133 Å².